The second kappa shape index (κ2) is 6.19. The van der Waals surface area contributed by atoms with Gasteiger partial charge in [0.05, 0.1) is 12.5 Å². The highest BCUT2D eigenvalue weighted by molar-refractivity contribution is 5.83. The molecule has 0 fully saturated rings. The Balaban J connectivity index is 4.23. The van der Waals surface area contributed by atoms with E-state index >= 15 is 0 Å². The number of carbonyl (C=O) groups is 3. The Morgan fingerprint density at radius 1 is 1.24 bits per heavy atom. The molecule has 7 heteroatoms. The summed E-state index contributed by atoms with van der Waals surface area (Å²) in [5.74, 6) is -2.61. The maximum absolute atomic E-state index is 11.5. The lowest BCUT2D eigenvalue weighted by Crippen LogP contribution is -2.51. The summed E-state index contributed by atoms with van der Waals surface area (Å²) in [6, 6.07) is -0.945. The average molecular weight is 246 g/mol. The fourth-order valence-electron chi connectivity index (χ4n) is 1.26. The Kier molecular flexibility index (Phi) is 5.60. The number of rotatable bonds is 7. The molecule has 0 saturated carbocycles. The van der Waals surface area contributed by atoms with Crippen LogP contribution in [-0.2, 0) is 14.4 Å². The Morgan fingerprint density at radius 2 is 1.76 bits per heavy atom. The van der Waals surface area contributed by atoms with Crippen LogP contribution in [0.3, 0.4) is 0 Å². The quantitative estimate of drug-likeness (QED) is 0.481. The molecule has 7 nitrogen and oxygen atoms in total. The molecular weight excluding hydrogens is 228 g/mol. The highest BCUT2D eigenvalue weighted by atomic mass is 16.4. The monoisotopic (exact) mass is 246 g/mol. The van der Waals surface area contributed by atoms with E-state index in [1.165, 1.54) is 0 Å². The topological polar surface area (TPSA) is 130 Å². The molecular formula is C10H18N2O5. The van der Waals surface area contributed by atoms with Gasteiger partial charge >= 0.3 is 11.9 Å². The van der Waals surface area contributed by atoms with Crippen LogP contribution in [0.15, 0.2) is 0 Å². The van der Waals surface area contributed by atoms with Crippen LogP contribution in [0.1, 0.15) is 33.1 Å². The number of nitrogens with two attached hydrogens (primary N) is 1. The minimum Gasteiger partial charge on any atom is -0.481 e. The van der Waals surface area contributed by atoms with Crippen molar-refractivity contribution in [2.75, 3.05) is 0 Å². The van der Waals surface area contributed by atoms with Gasteiger partial charge in [0.25, 0.3) is 0 Å². The zero-order valence-corrected chi connectivity index (χ0v) is 9.90. The predicted molar refractivity (Wildman–Crippen MR) is 59.3 cm³/mol. The van der Waals surface area contributed by atoms with Crippen LogP contribution in [0.25, 0.3) is 0 Å². The third kappa shape index (κ3) is 7.29. The summed E-state index contributed by atoms with van der Waals surface area (Å²) in [4.78, 5) is 32.3. The molecule has 0 bridgehead atoms. The number of hydrogen-bond donors (Lipinski definition) is 4. The van der Waals surface area contributed by atoms with Crippen molar-refractivity contribution in [2.45, 2.75) is 44.7 Å². The third-order valence-electron chi connectivity index (χ3n) is 2.06. The first-order chi connectivity index (χ1) is 7.64. The van der Waals surface area contributed by atoms with Crippen molar-refractivity contribution in [1.82, 2.24) is 5.32 Å². The molecule has 0 aromatic heterocycles. The molecule has 1 amide bonds. The van der Waals surface area contributed by atoms with Gasteiger partial charge in [-0.05, 0) is 20.3 Å². The molecule has 1 unspecified atom stereocenters. The van der Waals surface area contributed by atoms with Gasteiger partial charge in [0, 0.05) is 12.0 Å². The van der Waals surface area contributed by atoms with Gasteiger partial charge in [0.2, 0.25) is 5.91 Å². The second-order valence-electron chi connectivity index (χ2n) is 4.48. The number of nitrogens with one attached hydrogen (secondary N) is 1. The minimum atomic E-state index is -1.03. The lowest BCUT2D eigenvalue weighted by molar-refractivity contribution is -0.139. The standard InChI is InChI=1S/C10H18N2O5/c1-10(2,5-8(15)16)12-9(17)6(11)3-4-7(13)14/h6H,3-5,11H2,1-2H3,(H,12,17)(H,13,14)(H,15,16). The van der Waals surface area contributed by atoms with Crippen molar-refractivity contribution in [2.24, 2.45) is 5.73 Å². The predicted octanol–water partition coefficient (Wildman–Crippen LogP) is -0.452. The normalized spacial score (nSPS) is 12.9. The van der Waals surface area contributed by atoms with Crippen LogP contribution < -0.4 is 11.1 Å². The summed E-state index contributed by atoms with van der Waals surface area (Å²) in [6.07, 6.45) is -0.414. The Labute approximate surface area is 99.0 Å². The summed E-state index contributed by atoms with van der Waals surface area (Å²) in [7, 11) is 0. The average Bonchev–Trinajstić information content (AvgIpc) is 2.10. The fraction of sp³-hybridized carbons (Fsp3) is 0.700. The van der Waals surface area contributed by atoms with Crippen LogP contribution in [0.2, 0.25) is 0 Å². The lowest BCUT2D eigenvalue weighted by Gasteiger charge is -2.26. The van der Waals surface area contributed by atoms with Crippen molar-refractivity contribution in [1.29, 1.82) is 0 Å². The maximum atomic E-state index is 11.5. The van der Waals surface area contributed by atoms with E-state index < -0.39 is 29.4 Å². The van der Waals surface area contributed by atoms with Crippen LogP contribution in [0, 0.1) is 0 Å². The summed E-state index contributed by atoms with van der Waals surface area (Å²) in [5.41, 5.74) is 4.57. The molecule has 0 heterocycles. The SMILES string of the molecule is CC(C)(CC(=O)O)NC(=O)C(N)CCC(=O)O. The van der Waals surface area contributed by atoms with Gasteiger partial charge in [-0.15, -0.1) is 0 Å². The molecule has 5 N–H and O–H groups in total. The van der Waals surface area contributed by atoms with Crippen molar-refractivity contribution in [3.63, 3.8) is 0 Å². The number of amides is 1. The van der Waals surface area contributed by atoms with E-state index in [4.69, 9.17) is 15.9 Å². The summed E-state index contributed by atoms with van der Waals surface area (Å²) in [6.45, 7) is 3.12. The van der Waals surface area contributed by atoms with Gasteiger partial charge in [-0.2, -0.15) is 0 Å². The molecule has 0 rings (SSSR count). The summed E-state index contributed by atoms with van der Waals surface area (Å²) < 4.78 is 0. The first kappa shape index (κ1) is 15.4. The second-order valence-corrected chi connectivity index (χ2v) is 4.48. The zero-order valence-electron chi connectivity index (χ0n) is 9.90. The maximum Gasteiger partial charge on any atom is 0.305 e. The first-order valence-corrected chi connectivity index (χ1v) is 5.15. The van der Waals surface area contributed by atoms with E-state index in [9.17, 15) is 14.4 Å². The smallest absolute Gasteiger partial charge is 0.305 e. The van der Waals surface area contributed by atoms with Gasteiger partial charge < -0.3 is 21.3 Å². The third-order valence-corrected chi connectivity index (χ3v) is 2.06. The number of hydrogen-bond acceptors (Lipinski definition) is 4. The summed E-state index contributed by atoms with van der Waals surface area (Å²) >= 11 is 0. The van der Waals surface area contributed by atoms with E-state index in [1.54, 1.807) is 13.8 Å². The molecule has 0 spiro atoms. The van der Waals surface area contributed by atoms with Crippen LogP contribution in [0.5, 0.6) is 0 Å². The van der Waals surface area contributed by atoms with Crippen LogP contribution >= 0.6 is 0 Å². The lowest BCUT2D eigenvalue weighted by atomic mass is 9.99. The number of carbonyl (C=O) groups excluding carboxylic acids is 1. The van der Waals surface area contributed by atoms with E-state index in [1.807, 2.05) is 0 Å². The zero-order chi connectivity index (χ0) is 13.6. The number of carboxylic acid groups (broad SMARTS) is 2. The molecule has 0 aromatic rings. The largest absolute Gasteiger partial charge is 0.481 e. The Morgan fingerprint density at radius 3 is 2.18 bits per heavy atom. The molecule has 0 aliphatic rings. The molecule has 0 aliphatic heterocycles. The molecule has 1 atom stereocenters. The number of aliphatic carboxylic acids is 2. The summed E-state index contributed by atoms with van der Waals surface area (Å²) in [5, 5.41) is 19.5. The van der Waals surface area contributed by atoms with Crippen LogP contribution in [0.4, 0.5) is 0 Å². The molecule has 98 valence electrons. The Bertz CT molecular complexity index is 314. The van der Waals surface area contributed by atoms with Crippen molar-refractivity contribution < 1.29 is 24.6 Å². The molecule has 17 heavy (non-hydrogen) atoms. The minimum absolute atomic E-state index is 0.0182. The highest BCUT2D eigenvalue weighted by Gasteiger charge is 2.26. The molecule has 0 aliphatic carbocycles. The van der Waals surface area contributed by atoms with Gasteiger partial charge in [-0.1, -0.05) is 0 Å². The van der Waals surface area contributed by atoms with Gasteiger partial charge in [-0.25, -0.2) is 0 Å². The van der Waals surface area contributed by atoms with Crippen molar-refractivity contribution >= 4 is 17.8 Å². The van der Waals surface area contributed by atoms with E-state index in [2.05, 4.69) is 5.32 Å². The van der Waals surface area contributed by atoms with E-state index in [-0.39, 0.29) is 19.3 Å². The highest BCUT2D eigenvalue weighted by Crippen LogP contribution is 2.08. The number of carboxylic acids is 2. The van der Waals surface area contributed by atoms with Crippen molar-refractivity contribution in [3.05, 3.63) is 0 Å². The van der Waals surface area contributed by atoms with Gasteiger partial charge in [0.1, 0.15) is 0 Å². The first-order valence-electron chi connectivity index (χ1n) is 5.15. The fourth-order valence-corrected chi connectivity index (χ4v) is 1.26. The van der Waals surface area contributed by atoms with Crippen molar-refractivity contribution in [3.8, 4) is 0 Å². The van der Waals surface area contributed by atoms with Gasteiger partial charge in [0.15, 0.2) is 0 Å². The van der Waals surface area contributed by atoms with Gasteiger partial charge in [-0.3, -0.25) is 14.4 Å². The van der Waals surface area contributed by atoms with E-state index in [0.717, 1.165) is 0 Å². The molecule has 0 aromatic carbocycles. The van der Waals surface area contributed by atoms with E-state index in [0.29, 0.717) is 0 Å². The molecule has 0 saturated heterocycles. The van der Waals surface area contributed by atoms with Crippen LogP contribution in [-0.4, -0.2) is 39.6 Å². The molecule has 0 radical (unpaired) electrons. The Hall–Kier alpha value is -1.63.